The van der Waals surface area contributed by atoms with E-state index in [1.807, 2.05) is 16.8 Å². The molecule has 6 nitrogen and oxygen atoms in total. The molecule has 0 atom stereocenters. The first-order valence-corrected chi connectivity index (χ1v) is 8.38. The second-order valence-corrected chi connectivity index (χ2v) is 6.30. The van der Waals surface area contributed by atoms with Gasteiger partial charge in [-0.25, -0.2) is 9.97 Å². The normalized spacial score (nSPS) is 15.7. The van der Waals surface area contributed by atoms with Crippen molar-refractivity contribution in [2.24, 2.45) is 5.92 Å². The molecular weight excluding hydrogens is 302 g/mol. The fourth-order valence-electron chi connectivity index (χ4n) is 3.05. The molecular formula is C18H21N5O. The molecule has 1 aliphatic rings. The van der Waals surface area contributed by atoms with Crippen molar-refractivity contribution in [2.45, 2.75) is 19.8 Å². The van der Waals surface area contributed by atoms with Gasteiger partial charge in [0, 0.05) is 37.5 Å². The van der Waals surface area contributed by atoms with Crippen LogP contribution >= 0.6 is 0 Å². The van der Waals surface area contributed by atoms with Gasteiger partial charge in [-0.15, -0.1) is 0 Å². The van der Waals surface area contributed by atoms with Crippen LogP contribution in [0.15, 0.2) is 36.9 Å². The lowest BCUT2D eigenvalue weighted by molar-refractivity contribution is 0.0699. The van der Waals surface area contributed by atoms with E-state index < -0.39 is 0 Å². The van der Waals surface area contributed by atoms with Crippen LogP contribution < -0.4 is 5.32 Å². The van der Waals surface area contributed by atoms with E-state index >= 15 is 0 Å². The molecule has 6 heteroatoms. The summed E-state index contributed by atoms with van der Waals surface area (Å²) in [5, 5.41) is 4.61. The molecule has 0 amide bonds. The monoisotopic (exact) mass is 323 g/mol. The molecule has 0 saturated carbocycles. The number of hydrogen-bond donors (Lipinski definition) is 1. The Kier molecular flexibility index (Phi) is 4.13. The van der Waals surface area contributed by atoms with Gasteiger partial charge >= 0.3 is 0 Å². The van der Waals surface area contributed by atoms with Gasteiger partial charge in [0.25, 0.3) is 0 Å². The van der Waals surface area contributed by atoms with Crippen LogP contribution in [0.4, 0.5) is 5.82 Å². The zero-order valence-corrected chi connectivity index (χ0v) is 13.8. The quantitative estimate of drug-likeness (QED) is 0.799. The lowest BCUT2D eigenvalue weighted by atomic mass is 10.0. The van der Waals surface area contributed by atoms with Crippen molar-refractivity contribution in [2.75, 3.05) is 25.1 Å². The molecule has 0 spiro atoms. The summed E-state index contributed by atoms with van der Waals surface area (Å²) in [6.07, 6.45) is 7.51. The Morgan fingerprint density at radius 1 is 1.25 bits per heavy atom. The Balaban J connectivity index is 1.69. The number of benzene rings is 1. The Hall–Kier alpha value is -2.47. The van der Waals surface area contributed by atoms with Crippen molar-refractivity contribution in [3.63, 3.8) is 0 Å². The van der Waals surface area contributed by atoms with Crippen molar-refractivity contribution in [3.05, 3.63) is 42.5 Å². The molecule has 124 valence electrons. The van der Waals surface area contributed by atoms with Crippen molar-refractivity contribution >= 4 is 16.7 Å². The third-order valence-corrected chi connectivity index (χ3v) is 4.47. The van der Waals surface area contributed by atoms with Crippen molar-refractivity contribution in [1.82, 2.24) is 19.5 Å². The minimum absolute atomic E-state index is 0.630. The average Bonchev–Trinajstić information content (AvgIpc) is 3.15. The summed E-state index contributed by atoms with van der Waals surface area (Å²) < 4.78 is 7.27. The molecule has 1 fully saturated rings. The van der Waals surface area contributed by atoms with E-state index in [9.17, 15) is 0 Å². The van der Waals surface area contributed by atoms with Crippen molar-refractivity contribution in [1.29, 1.82) is 0 Å². The van der Waals surface area contributed by atoms with E-state index in [-0.39, 0.29) is 0 Å². The van der Waals surface area contributed by atoms with Crippen molar-refractivity contribution in [3.8, 4) is 5.95 Å². The van der Waals surface area contributed by atoms with E-state index in [2.05, 4.69) is 34.3 Å². The highest BCUT2D eigenvalue weighted by Gasteiger charge is 2.15. The van der Waals surface area contributed by atoms with Gasteiger partial charge in [-0.05, 0) is 37.8 Å². The number of rotatable bonds is 4. The average molecular weight is 323 g/mol. The lowest BCUT2D eigenvalue weighted by Crippen LogP contribution is -2.23. The first-order valence-electron chi connectivity index (χ1n) is 8.38. The molecule has 4 rings (SSSR count). The molecule has 1 aromatic carbocycles. The number of ether oxygens (including phenoxy) is 1. The fraction of sp³-hybridized carbons (Fsp3) is 0.389. The van der Waals surface area contributed by atoms with Crippen LogP contribution in [0.5, 0.6) is 0 Å². The van der Waals surface area contributed by atoms with Gasteiger partial charge in [0.15, 0.2) is 0 Å². The summed E-state index contributed by atoms with van der Waals surface area (Å²) in [6, 6.07) is 6.26. The molecule has 24 heavy (non-hydrogen) atoms. The Labute approximate surface area is 140 Å². The highest BCUT2D eigenvalue weighted by Crippen LogP contribution is 2.24. The molecule has 2 aromatic heterocycles. The summed E-state index contributed by atoms with van der Waals surface area (Å²) in [4.78, 5) is 13.5. The first-order chi connectivity index (χ1) is 11.8. The molecule has 1 saturated heterocycles. The standard InChI is InChI=1S/C18H21N5O/c1-13-2-3-16-15(10-13)17(20-11-14-4-8-24-9-5-14)22-18(21-16)23-7-6-19-12-23/h2-3,6-7,10,12,14H,4-5,8-9,11H2,1H3,(H,20,21,22). The maximum Gasteiger partial charge on any atom is 0.237 e. The van der Waals surface area contributed by atoms with Crippen LogP contribution in [0, 0.1) is 12.8 Å². The smallest absolute Gasteiger partial charge is 0.237 e. The topological polar surface area (TPSA) is 64.9 Å². The van der Waals surface area contributed by atoms with E-state index in [0.717, 1.165) is 49.3 Å². The fourth-order valence-corrected chi connectivity index (χ4v) is 3.05. The number of aryl methyl sites for hydroxylation is 1. The third kappa shape index (κ3) is 3.10. The van der Waals surface area contributed by atoms with Crippen LogP contribution in [0.3, 0.4) is 0 Å². The van der Waals surface area contributed by atoms with Gasteiger partial charge in [0.2, 0.25) is 5.95 Å². The van der Waals surface area contributed by atoms with Crippen LogP contribution in [0.25, 0.3) is 16.9 Å². The molecule has 0 radical (unpaired) electrons. The zero-order chi connectivity index (χ0) is 16.4. The summed E-state index contributed by atoms with van der Waals surface area (Å²) in [5.41, 5.74) is 2.14. The number of nitrogens with zero attached hydrogens (tertiary/aromatic N) is 4. The maximum absolute atomic E-state index is 5.44. The number of nitrogens with one attached hydrogen (secondary N) is 1. The SMILES string of the molecule is Cc1ccc2nc(-n3ccnc3)nc(NCC3CCOCC3)c2c1. The first kappa shape index (κ1) is 15.1. The maximum atomic E-state index is 5.44. The number of anilines is 1. The minimum Gasteiger partial charge on any atom is -0.381 e. The predicted octanol–water partition coefficient (Wildman–Crippen LogP) is 2.96. The Morgan fingerprint density at radius 3 is 2.92 bits per heavy atom. The molecule has 0 aliphatic carbocycles. The summed E-state index contributed by atoms with van der Waals surface area (Å²) in [5.74, 6) is 2.16. The van der Waals surface area contributed by atoms with E-state index in [1.165, 1.54) is 5.56 Å². The van der Waals surface area contributed by atoms with Gasteiger partial charge in [-0.1, -0.05) is 11.6 Å². The molecule has 0 bridgehead atoms. The molecule has 1 aliphatic heterocycles. The minimum atomic E-state index is 0.630. The van der Waals surface area contributed by atoms with E-state index in [0.29, 0.717) is 11.9 Å². The van der Waals surface area contributed by atoms with Gasteiger partial charge in [-0.3, -0.25) is 4.57 Å². The second-order valence-electron chi connectivity index (χ2n) is 6.30. The summed E-state index contributed by atoms with van der Waals surface area (Å²) in [6.45, 7) is 4.71. The second kappa shape index (κ2) is 6.57. The van der Waals surface area contributed by atoms with Gasteiger partial charge in [0.1, 0.15) is 12.1 Å². The number of imidazole rings is 1. The Morgan fingerprint density at radius 2 is 2.12 bits per heavy atom. The molecule has 1 N–H and O–H groups in total. The van der Waals surface area contributed by atoms with Gasteiger partial charge in [-0.2, -0.15) is 4.98 Å². The molecule has 3 heterocycles. The van der Waals surface area contributed by atoms with Crippen LogP contribution in [-0.2, 0) is 4.74 Å². The number of fused-ring (bicyclic) bond motifs is 1. The van der Waals surface area contributed by atoms with Gasteiger partial charge in [0.05, 0.1) is 5.52 Å². The molecule has 0 unspecified atom stereocenters. The highest BCUT2D eigenvalue weighted by atomic mass is 16.5. The van der Waals surface area contributed by atoms with Crippen molar-refractivity contribution < 1.29 is 4.74 Å². The summed E-state index contributed by atoms with van der Waals surface area (Å²) >= 11 is 0. The highest BCUT2D eigenvalue weighted by molar-refractivity contribution is 5.90. The molecule has 3 aromatic rings. The third-order valence-electron chi connectivity index (χ3n) is 4.47. The zero-order valence-electron chi connectivity index (χ0n) is 13.8. The predicted molar refractivity (Wildman–Crippen MR) is 93.4 cm³/mol. The number of aromatic nitrogens is 4. The van der Waals surface area contributed by atoms with E-state index in [1.54, 1.807) is 12.5 Å². The Bertz CT molecular complexity index is 825. The summed E-state index contributed by atoms with van der Waals surface area (Å²) in [7, 11) is 0. The van der Waals surface area contributed by atoms with Crippen LogP contribution in [-0.4, -0.2) is 39.3 Å². The number of hydrogen-bond acceptors (Lipinski definition) is 5. The van der Waals surface area contributed by atoms with Gasteiger partial charge < -0.3 is 10.1 Å². The van der Waals surface area contributed by atoms with E-state index in [4.69, 9.17) is 9.72 Å². The lowest BCUT2D eigenvalue weighted by Gasteiger charge is -2.22. The largest absolute Gasteiger partial charge is 0.381 e. The van der Waals surface area contributed by atoms with Crippen LogP contribution in [0.1, 0.15) is 18.4 Å². The van der Waals surface area contributed by atoms with Crippen LogP contribution in [0.2, 0.25) is 0 Å².